The minimum Gasteiger partial charge on any atom is -0.494 e. The van der Waals surface area contributed by atoms with Gasteiger partial charge in [0, 0.05) is 12.1 Å². The smallest absolute Gasteiger partial charge is 0.345 e. The first kappa shape index (κ1) is 13.0. The Bertz CT molecular complexity index is 430. The van der Waals surface area contributed by atoms with Crippen molar-refractivity contribution >= 4 is 11.7 Å². The average molecular weight is 239 g/mol. The predicted octanol–water partition coefficient (Wildman–Crippen LogP) is 2.17. The number of nitrogens with zero attached hydrogens (tertiary/aromatic N) is 1. The number of hydrogen-bond donors (Lipinski definition) is 0. The highest BCUT2D eigenvalue weighted by molar-refractivity contribution is 5.94. The van der Waals surface area contributed by atoms with Gasteiger partial charge in [-0.1, -0.05) is 0 Å². The van der Waals surface area contributed by atoms with E-state index in [-0.39, 0.29) is 17.9 Å². The van der Waals surface area contributed by atoms with Gasteiger partial charge in [0.2, 0.25) is 0 Å². The second-order valence-electron chi connectivity index (χ2n) is 3.09. The monoisotopic (exact) mass is 239 g/mol. The SMILES string of the molecule is CCOC(=O)c1cc(OCC)ccc1[N+](=O)[O-]. The lowest BCUT2D eigenvalue weighted by atomic mass is 10.1. The number of carbonyl (C=O) groups excluding carboxylic acids is 1. The van der Waals surface area contributed by atoms with Gasteiger partial charge in [0.25, 0.3) is 5.69 Å². The first-order chi connectivity index (χ1) is 8.10. The van der Waals surface area contributed by atoms with Crippen LogP contribution in [0.25, 0.3) is 0 Å². The van der Waals surface area contributed by atoms with Crippen molar-refractivity contribution in [3.8, 4) is 5.75 Å². The molecule has 1 rings (SSSR count). The Kier molecular flexibility index (Phi) is 4.45. The fourth-order valence-electron chi connectivity index (χ4n) is 1.30. The molecule has 0 saturated carbocycles. The molecule has 0 aliphatic carbocycles. The predicted molar refractivity (Wildman–Crippen MR) is 60.2 cm³/mol. The van der Waals surface area contributed by atoms with Gasteiger partial charge in [0.1, 0.15) is 11.3 Å². The van der Waals surface area contributed by atoms with Crippen molar-refractivity contribution in [2.24, 2.45) is 0 Å². The van der Waals surface area contributed by atoms with Crippen LogP contribution >= 0.6 is 0 Å². The lowest BCUT2D eigenvalue weighted by Gasteiger charge is -2.06. The molecule has 92 valence electrons. The van der Waals surface area contributed by atoms with Crippen LogP contribution in [-0.4, -0.2) is 24.1 Å². The maximum atomic E-state index is 11.5. The molecule has 0 bridgehead atoms. The largest absolute Gasteiger partial charge is 0.494 e. The van der Waals surface area contributed by atoms with Gasteiger partial charge in [-0.05, 0) is 19.9 Å². The minimum atomic E-state index is -0.722. The topological polar surface area (TPSA) is 78.7 Å². The second kappa shape index (κ2) is 5.83. The van der Waals surface area contributed by atoms with E-state index >= 15 is 0 Å². The number of rotatable bonds is 5. The number of benzene rings is 1. The number of carbonyl (C=O) groups is 1. The summed E-state index contributed by atoms with van der Waals surface area (Å²) in [4.78, 5) is 21.7. The molecule has 0 heterocycles. The summed E-state index contributed by atoms with van der Waals surface area (Å²) in [6, 6.07) is 4.00. The Labute approximate surface area is 98.3 Å². The Balaban J connectivity index is 3.15. The lowest BCUT2D eigenvalue weighted by Crippen LogP contribution is -2.08. The van der Waals surface area contributed by atoms with Gasteiger partial charge in [0.05, 0.1) is 18.1 Å². The van der Waals surface area contributed by atoms with Crippen molar-refractivity contribution in [1.29, 1.82) is 0 Å². The Morgan fingerprint density at radius 3 is 2.59 bits per heavy atom. The molecule has 6 nitrogen and oxygen atoms in total. The molecular weight excluding hydrogens is 226 g/mol. The molecule has 0 N–H and O–H groups in total. The van der Waals surface area contributed by atoms with Crippen LogP contribution in [0, 0.1) is 10.1 Å². The van der Waals surface area contributed by atoms with Crippen LogP contribution in [0.1, 0.15) is 24.2 Å². The van der Waals surface area contributed by atoms with E-state index in [0.29, 0.717) is 12.4 Å². The zero-order chi connectivity index (χ0) is 12.8. The van der Waals surface area contributed by atoms with Crippen LogP contribution in [0.15, 0.2) is 18.2 Å². The normalized spacial score (nSPS) is 9.76. The maximum absolute atomic E-state index is 11.5. The van der Waals surface area contributed by atoms with Crippen LogP contribution in [0.4, 0.5) is 5.69 Å². The molecule has 1 aromatic carbocycles. The van der Waals surface area contributed by atoms with Crippen LogP contribution in [0.2, 0.25) is 0 Å². The zero-order valence-corrected chi connectivity index (χ0v) is 9.63. The number of nitro groups is 1. The van der Waals surface area contributed by atoms with Crippen molar-refractivity contribution in [1.82, 2.24) is 0 Å². The van der Waals surface area contributed by atoms with E-state index in [0.717, 1.165) is 0 Å². The first-order valence-corrected chi connectivity index (χ1v) is 5.18. The third-order valence-electron chi connectivity index (χ3n) is 1.97. The number of hydrogen-bond acceptors (Lipinski definition) is 5. The molecule has 0 radical (unpaired) electrons. The number of nitro benzene ring substituents is 1. The summed E-state index contributed by atoms with van der Waals surface area (Å²) in [5, 5.41) is 10.8. The van der Waals surface area contributed by atoms with E-state index in [1.54, 1.807) is 13.8 Å². The molecule has 0 unspecified atom stereocenters. The summed E-state index contributed by atoms with van der Waals surface area (Å²) in [6.07, 6.45) is 0. The molecule has 17 heavy (non-hydrogen) atoms. The van der Waals surface area contributed by atoms with Crippen LogP contribution in [0.3, 0.4) is 0 Å². The molecule has 1 aromatic rings. The summed E-state index contributed by atoms with van der Waals surface area (Å²) in [5.74, 6) is -0.318. The fourth-order valence-corrected chi connectivity index (χ4v) is 1.30. The van der Waals surface area contributed by atoms with Gasteiger partial charge >= 0.3 is 5.97 Å². The lowest BCUT2D eigenvalue weighted by molar-refractivity contribution is -0.385. The highest BCUT2D eigenvalue weighted by atomic mass is 16.6. The summed E-state index contributed by atoms with van der Waals surface area (Å²) in [7, 11) is 0. The number of ether oxygens (including phenoxy) is 2. The van der Waals surface area contributed by atoms with Crippen LogP contribution in [0.5, 0.6) is 5.75 Å². The van der Waals surface area contributed by atoms with E-state index in [1.807, 2.05) is 0 Å². The van der Waals surface area contributed by atoms with E-state index in [2.05, 4.69) is 0 Å². The van der Waals surface area contributed by atoms with Gasteiger partial charge < -0.3 is 9.47 Å². The second-order valence-corrected chi connectivity index (χ2v) is 3.09. The van der Waals surface area contributed by atoms with Gasteiger partial charge in [0.15, 0.2) is 0 Å². The van der Waals surface area contributed by atoms with Crippen LogP contribution < -0.4 is 4.74 Å². The molecule has 0 aliphatic heterocycles. The molecule has 0 amide bonds. The summed E-state index contributed by atoms with van der Waals surface area (Å²) in [5.41, 5.74) is -0.380. The van der Waals surface area contributed by atoms with Crippen molar-refractivity contribution in [3.05, 3.63) is 33.9 Å². The molecule has 0 aromatic heterocycles. The molecule has 0 fully saturated rings. The van der Waals surface area contributed by atoms with Gasteiger partial charge in [-0.3, -0.25) is 10.1 Å². The van der Waals surface area contributed by atoms with Crippen molar-refractivity contribution in [2.75, 3.05) is 13.2 Å². The van der Waals surface area contributed by atoms with E-state index < -0.39 is 10.9 Å². The van der Waals surface area contributed by atoms with Gasteiger partial charge in [-0.2, -0.15) is 0 Å². The third kappa shape index (κ3) is 3.17. The van der Waals surface area contributed by atoms with Gasteiger partial charge in [-0.25, -0.2) is 4.79 Å². The van der Waals surface area contributed by atoms with E-state index in [9.17, 15) is 14.9 Å². The summed E-state index contributed by atoms with van der Waals surface area (Å²) in [6.45, 7) is 4.00. The van der Waals surface area contributed by atoms with Crippen LogP contribution in [-0.2, 0) is 4.74 Å². The van der Waals surface area contributed by atoms with Crippen molar-refractivity contribution in [3.63, 3.8) is 0 Å². The average Bonchev–Trinajstić information content (AvgIpc) is 2.29. The highest BCUT2D eigenvalue weighted by Crippen LogP contribution is 2.24. The molecule has 6 heteroatoms. The fraction of sp³-hybridized carbons (Fsp3) is 0.364. The molecular formula is C11H13NO5. The molecule has 0 aliphatic rings. The Morgan fingerprint density at radius 1 is 1.35 bits per heavy atom. The molecule has 0 atom stereocenters. The van der Waals surface area contributed by atoms with E-state index in [1.165, 1.54) is 18.2 Å². The Morgan fingerprint density at radius 2 is 2.06 bits per heavy atom. The number of esters is 1. The maximum Gasteiger partial charge on any atom is 0.345 e. The highest BCUT2D eigenvalue weighted by Gasteiger charge is 2.21. The first-order valence-electron chi connectivity index (χ1n) is 5.18. The van der Waals surface area contributed by atoms with Gasteiger partial charge in [-0.15, -0.1) is 0 Å². The Hall–Kier alpha value is -2.11. The zero-order valence-electron chi connectivity index (χ0n) is 9.63. The van der Waals surface area contributed by atoms with E-state index in [4.69, 9.17) is 9.47 Å². The molecule has 0 spiro atoms. The van der Waals surface area contributed by atoms with Crippen molar-refractivity contribution in [2.45, 2.75) is 13.8 Å². The summed E-state index contributed by atoms with van der Waals surface area (Å²) >= 11 is 0. The third-order valence-corrected chi connectivity index (χ3v) is 1.97. The summed E-state index contributed by atoms with van der Waals surface area (Å²) < 4.78 is 9.93. The van der Waals surface area contributed by atoms with Crippen molar-refractivity contribution < 1.29 is 19.2 Å². The minimum absolute atomic E-state index is 0.0946. The quantitative estimate of drug-likeness (QED) is 0.447. The standard InChI is InChI=1S/C11H13NO5/c1-3-16-8-5-6-10(12(14)15)9(7-8)11(13)17-4-2/h5-7H,3-4H2,1-2H3. The molecule has 0 saturated heterocycles.